The molecule has 0 aliphatic carbocycles. The van der Waals surface area contributed by atoms with Gasteiger partial charge >= 0.3 is 0 Å². The number of carbonyl (C=O) groups excluding carboxylic acids is 1. The Balaban J connectivity index is 2.47. The Hall–Kier alpha value is -1.20. The van der Waals surface area contributed by atoms with E-state index in [-0.39, 0.29) is 13.2 Å². The maximum Gasteiger partial charge on any atom is 0.257 e. The first-order valence-corrected chi connectivity index (χ1v) is 5.56. The Labute approximate surface area is 103 Å². The minimum Gasteiger partial charge on any atom is -0.378 e. The van der Waals surface area contributed by atoms with Crippen molar-refractivity contribution in [3.63, 3.8) is 0 Å². The lowest BCUT2D eigenvalue weighted by atomic mass is 10.2. The van der Waals surface area contributed by atoms with E-state index in [1.54, 1.807) is 0 Å². The van der Waals surface area contributed by atoms with Crippen molar-refractivity contribution in [1.29, 1.82) is 0 Å². The molecule has 0 aromatic heterocycles. The highest BCUT2D eigenvalue weighted by Crippen LogP contribution is 2.11. The smallest absolute Gasteiger partial charge is 0.257 e. The molecule has 0 atom stereocenters. The number of hydrogen-bond acceptors (Lipinski definition) is 2. The van der Waals surface area contributed by atoms with Crippen molar-refractivity contribution in [2.75, 3.05) is 25.6 Å². The van der Waals surface area contributed by atoms with E-state index >= 15 is 0 Å². The number of rotatable bonds is 6. The number of alkyl halides is 1. The van der Waals surface area contributed by atoms with Gasteiger partial charge in [-0.3, -0.25) is 4.79 Å². The molecule has 0 aliphatic rings. The fraction of sp³-hybridized carbons (Fsp3) is 0.364. The second-order valence-corrected chi connectivity index (χ2v) is 3.53. The van der Waals surface area contributed by atoms with Crippen molar-refractivity contribution in [3.8, 4) is 0 Å². The number of halogens is 3. The highest BCUT2D eigenvalue weighted by atomic mass is 35.5. The molecule has 1 aromatic rings. The first-order chi connectivity index (χ1) is 8.16. The first-order valence-electron chi connectivity index (χ1n) is 5.02. The van der Waals surface area contributed by atoms with Crippen LogP contribution in [-0.4, -0.2) is 31.5 Å². The second-order valence-electron chi connectivity index (χ2n) is 3.15. The average Bonchev–Trinajstić information content (AvgIpc) is 2.28. The molecule has 1 rings (SSSR count). The summed E-state index contributed by atoms with van der Waals surface area (Å²) in [5.74, 6) is -2.21. The Morgan fingerprint density at radius 1 is 1.29 bits per heavy atom. The van der Waals surface area contributed by atoms with Crippen LogP contribution in [0.2, 0.25) is 0 Å². The second kappa shape index (κ2) is 7.19. The molecule has 0 unspecified atom stereocenters. The zero-order valence-corrected chi connectivity index (χ0v) is 9.77. The van der Waals surface area contributed by atoms with Crippen molar-refractivity contribution in [3.05, 3.63) is 35.4 Å². The van der Waals surface area contributed by atoms with Gasteiger partial charge in [0.2, 0.25) is 0 Å². The van der Waals surface area contributed by atoms with E-state index in [2.05, 4.69) is 5.32 Å². The van der Waals surface area contributed by atoms with Crippen molar-refractivity contribution in [1.82, 2.24) is 5.32 Å². The van der Waals surface area contributed by atoms with Crippen LogP contribution in [0.3, 0.4) is 0 Å². The summed E-state index contributed by atoms with van der Waals surface area (Å²) in [6.07, 6.45) is 0. The zero-order chi connectivity index (χ0) is 12.7. The minimum absolute atomic E-state index is 0.170. The number of hydrogen-bond donors (Lipinski definition) is 1. The Bertz CT molecular complexity index is 367. The maximum atomic E-state index is 13.2. The summed E-state index contributed by atoms with van der Waals surface area (Å²) in [6.45, 7) is 0.781. The molecule has 0 spiro atoms. The number of carbonyl (C=O) groups is 1. The van der Waals surface area contributed by atoms with E-state index in [1.807, 2.05) is 0 Å². The largest absolute Gasteiger partial charge is 0.378 e. The summed E-state index contributed by atoms with van der Waals surface area (Å²) < 4.78 is 31.4. The Kier molecular flexibility index (Phi) is 5.86. The van der Waals surface area contributed by atoms with E-state index < -0.39 is 23.1 Å². The van der Waals surface area contributed by atoms with Gasteiger partial charge in [-0.15, -0.1) is 11.6 Å². The van der Waals surface area contributed by atoms with Crippen molar-refractivity contribution >= 4 is 17.5 Å². The monoisotopic (exact) mass is 263 g/mol. The van der Waals surface area contributed by atoms with E-state index in [0.717, 1.165) is 12.1 Å². The van der Waals surface area contributed by atoms with Crippen molar-refractivity contribution in [2.45, 2.75) is 0 Å². The van der Waals surface area contributed by atoms with Crippen molar-refractivity contribution < 1.29 is 18.3 Å². The van der Waals surface area contributed by atoms with Gasteiger partial charge in [-0.05, 0) is 12.1 Å². The highest BCUT2D eigenvalue weighted by molar-refractivity contribution is 6.17. The molecule has 3 nitrogen and oxygen atoms in total. The molecule has 17 heavy (non-hydrogen) atoms. The molecule has 0 radical (unpaired) electrons. The van der Waals surface area contributed by atoms with Gasteiger partial charge in [-0.1, -0.05) is 6.07 Å². The van der Waals surface area contributed by atoms with Crippen LogP contribution in [0.1, 0.15) is 10.4 Å². The SMILES string of the molecule is O=C(NCCOCCCl)c1c(F)cccc1F. The molecular weight excluding hydrogens is 252 g/mol. The maximum absolute atomic E-state index is 13.2. The Morgan fingerprint density at radius 2 is 1.94 bits per heavy atom. The van der Waals surface area contributed by atoms with Gasteiger partial charge in [0, 0.05) is 12.4 Å². The highest BCUT2D eigenvalue weighted by Gasteiger charge is 2.15. The summed E-state index contributed by atoms with van der Waals surface area (Å²) in [5.41, 5.74) is -0.579. The van der Waals surface area contributed by atoms with Crippen LogP contribution in [0, 0.1) is 11.6 Å². The van der Waals surface area contributed by atoms with Crippen LogP contribution in [0.25, 0.3) is 0 Å². The molecule has 1 N–H and O–H groups in total. The predicted molar refractivity (Wildman–Crippen MR) is 60.2 cm³/mol. The van der Waals surface area contributed by atoms with E-state index in [4.69, 9.17) is 16.3 Å². The molecule has 0 fully saturated rings. The van der Waals surface area contributed by atoms with Gasteiger partial charge in [0.1, 0.15) is 17.2 Å². The van der Waals surface area contributed by atoms with E-state index in [9.17, 15) is 13.6 Å². The van der Waals surface area contributed by atoms with Gasteiger partial charge in [0.05, 0.1) is 13.2 Å². The fourth-order valence-electron chi connectivity index (χ4n) is 1.20. The molecular formula is C11H12ClF2NO2. The van der Waals surface area contributed by atoms with E-state index in [1.165, 1.54) is 6.07 Å². The van der Waals surface area contributed by atoms with Gasteiger partial charge in [0.15, 0.2) is 0 Å². The molecule has 0 saturated carbocycles. The van der Waals surface area contributed by atoms with Crippen LogP contribution < -0.4 is 5.32 Å². The molecule has 94 valence electrons. The molecule has 0 heterocycles. The molecule has 1 aromatic carbocycles. The lowest BCUT2D eigenvalue weighted by molar-refractivity contribution is 0.0915. The zero-order valence-electron chi connectivity index (χ0n) is 9.01. The topological polar surface area (TPSA) is 38.3 Å². The summed E-state index contributed by atoms with van der Waals surface area (Å²) in [6, 6.07) is 3.26. The number of benzene rings is 1. The standard InChI is InChI=1S/C11H12ClF2NO2/c12-4-6-17-7-5-15-11(16)10-8(13)2-1-3-9(10)14/h1-3H,4-7H2,(H,15,16). The Morgan fingerprint density at radius 3 is 2.53 bits per heavy atom. The van der Waals surface area contributed by atoms with E-state index in [0.29, 0.717) is 12.5 Å². The third-order valence-corrected chi connectivity index (χ3v) is 2.10. The summed E-state index contributed by atoms with van der Waals surface area (Å²) in [4.78, 5) is 11.4. The van der Waals surface area contributed by atoms with Crippen LogP contribution in [0.4, 0.5) is 8.78 Å². The minimum atomic E-state index is -0.885. The quantitative estimate of drug-likeness (QED) is 0.629. The molecule has 0 bridgehead atoms. The number of ether oxygens (including phenoxy) is 1. The number of amides is 1. The lowest BCUT2D eigenvalue weighted by Crippen LogP contribution is -2.29. The molecule has 0 aliphatic heterocycles. The van der Waals surface area contributed by atoms with Gasteiger partial charge < -0.3 is 10.1 Å². The van der Waals surface area contributed by atoms with Crippen LogP contribution in [0.15, 0.2) is 18.2 Å². The van der Waals surface area contributed by atoms with Gasteiger partial charge in [-0.2, -0.15) is 0 Å². The molecule has 1 amide bonds. The lowest BCUT2D eigenvalue weighted by Gasteiger charge is -2.07. The third kappa shape index (κ3) is 4.28. The van der Waals surface area contributed by atoms with Crippen molar-refractivity contribution in [2.24, 2.45) is 0 Å². The van der Waals surface area contributed by atoms with Crippen LogP contribution >= 0.6 is 11.6 Å². The molecule has 0 saturated heterocycles. The first kappa shape index (κ1) is 13.9. The van der Waals surface area contributed by atoms with Gasteiger partial charge in [-0.25, -0.2) is 8.78 Å². The van der Waals surface area contributed by atoms with Crippen LogP contribution in [0.5, 0.6) is 0 Å². The normalized spacial score (nSPS) is 10.3. The van der Waals surface area contributed by atoms with Crippen LogP contribution in [-0.2, 0) is 4.74 Å². The van der Waals surface area contributed by atoms with Gasteiger partial charge in [0.25, 0.3) is 5.91 Å². The third-order valence-electron chi connectivity index (χ3n) is 1.94. The fourth-order valence-corrected chi connectivity index (χ4v) is 1.31. The average molecular weight is 264 g/mol. The summed E-state index contributed by atoms with van der Waals surface area (Å²) >= 11 is 5.37. The molecule has 6 heteroatoms. The number of nitrogens with one attached hydrogen (secondary N) is 1. The summed E-state index contributed by atoms with van der Waals surface area (Å²) in [5, 5.41) is 2.35. The summed E-state index contributed by atoms with van der Waals surface area (Å²) in [7, 11) is 0. The predicted octanol–water partition coefficient (Wildman–Crippen LogP) is 1.95.